The molecule has 0 aromatic carbocycles. The highest BCUT2D eigenvalue weighted by Crippen LogP contribution is 2.38. The minimum absolute atomic E-state index is 0.216. The first kappa shape index (κ1) is 9.21. The molecule has 0 N–H and O–H groups in total. The molecule has 0 saturated heterocycles. The van der Waals surface area contributed by atoms with Gasteiger partial charge in [0, 0.05) is 4.88 Å². The van der Waals surface area contributed by atoms with Crippen LogP contribution in [0.25, 0.3) is 0 Å². The largest absolute Gasteiger partial charge is 0.465 e. The number of rotatable bonds is 1. The van der Waals surface area contributed by atoms with Gasteiger partial charge >= 0.3 is 5.97 Å². The van der Waals surface area contributed by atoms with Crippen LogP contribution in [0.3, 0.4) is 0 Å². The highest BCUT2D eigenvalue weighted by atomic mass is 79.9. The molecule has 0 unspecified atom stereocenters. The van der Waals surface area contributed by atoms with Crippen LogP contribution >= 0.6 is 27.3 Å². The number of halogens is 1. The Morgan fingerprint density at radius 3 is 3.00 bits per heavy atom. The highest BCUT2D eigenvalue weighted by molar-refractivity contribution is 9.11. The lowest BCUT2D eigenvalue weighted by Crippen LogP contribution is -2.03. The lowest BCUT2D eigenvalue weighted by molar-refractivity contribution is 0.0599. The number of fused-ring (bicyclic) bond motifs is 1. The number of esters is 1. The molecule has 0 aliphatic heterocycles. The number of ether oxygens (including phenoxy) is 1. The lowest BCUT2D eigenvalue weighted by atomic mass is 10.1. The Morgan fingerprint density at radius 1 is 1.54 bits per heavy atom. The minimum atomic E-state index is -0.216. The summed E-state index contributed by atoms with van der Waals surface area (Å²) in [6.45, 7) is 0. The summed E-state index contributed by atoms with van der Waals surface area (Å²) in [7, 11) is 1.42. The third kappa shape index (κ3) is 1.42. The molecule has 0 atom stereocenters. The van der Waals surface area contributed by atoms with E-state index in [9.17, 15) is 4.79 Å². The van der Waals surface area contributed by atoms with E-state index in [4.69, 9.17) is 4.74 Å². The van der Waals surface area contributed by atoms with Gasteiger partial charge in [-0.2, -0.15) is 0 Å². The van der Waals surface area contributed by atoms with Gasteiger partial charge in [0.2, 0.25) is 0 Å². The molecule has 0 radical (unpaired) electrons. The van der Waals surface area contributed by atoms with Gasteiger partial charge in [-0.1, -0.05) is 0 Å². The zero-order valence-corrected chi connectivity index (χ0v) is 9.63. The van der Waals surface area contributed by atoms with E-state index in [2.05, 4.69) is 15.9 Å². The summed E-state index contributed by atoms with van der Waals surface area (Å²) in [5, 5.41) is 0. The summed E-state index contributed by atoms with van der Waals surface area (Å²) in [5.41, 5.74) is 1.95. The van der Waals surface area contributed by atoms with Gasteiger partial charge in [-0.25, -0.2) is 4.79 Å². The Balaban J connectivity index is 2.50. The fourth-order valence-corrected chi connectivity index (χ4v) is 3.76. The molecule has 2 nitrogen and oxygen atoms in total. The van der Waals surface area contributed by atoms with Crippen molar-refractivity contribution in [3.05, 3.63) is 19.8 Å². The van der Waals surface area contributed by atoms with Gasteiger partial charge in [-0.3, -0.25) is 0 Å². The Hall–Kier alpha value is -0.350. The number of methoxy groups -OCH3 is 1. The minimum Gasteiger partial charge on any atom is -0.465 e. The summed E-state index contributed by atoms with van der Waals surface area (Å²) < 4.78 is 5.66. The first-order valence-corrected chi connectivity index (χ1v) is 5.73. The molecule has 2 rings (SSSR count). The summed E-state index contributed by atoms with van der Waals surface area (Å²) >= 11 is 5.06. The van der Waals surface area contributed by atoms with E-state index in [1.807, 2.05) is 0 Å². The predicted molar refractivity (Wildman–Crippen MR) is 55.4 cm³/mol. The van der Waals surface area contributed by atoms with Crippen LogP contribution in [-0.2, 0) is 17.6 Å². The Labute approximate surface area is 89.0 Å². The van der Waals surface area contributed by atoms with E-state index >= 15 is 0 Å². The molecule has 13 heavy (non-hydrogen) atoms. The number of thiophene rings is 1. The van der Waals surface area contributed by atoms with Crippen molar-refractivity contribution in [1.82, 2.24) is 0 Å². The molecule has 0 bridgehead atoms. The van der Waals surface area contributed by atoms with Gasteiger partial charge in [0.15, 0.2) is 0 Å². The smallest absolute Gasteiger partial charge is 0.340 e. The Morgan fingerprint density at radius 2 is 2.31 bits per heavy atom. The van der Waals surface area contributed by atoms with Gasteiger partial charge in [0.25, 0.3) is 0 Å². The fraction of sp³-hybridized carbons (Fsp3) is 0.444. The summed E-state index contributed by atoms with van der Waals surface area (Å²) in [6, 6.07) is 0. The molecule has 1 aliphatic rings. The summed E-state index contributed by atoms with van der Waals surface area (Å²) in [6.07, 6.45) is 3.29. The highest BCUT2D eigenvalue weighted by Gasteiger charge is 2.25. The van der Waals surface area contributed by atoms with Crippen molar-refractivity contribution in [2.45, 2.75) is 19.3 Å². The van der Waals surface area contributed by atoms with Gasteiger partial charge in [0.1, 0.15) is 0 Å². The van der Waals surface area contributed by atoms with Crippen LogP contribution < -0.4 is 0 Å². The topological polar surface area (TPSA) is 26.3 Å². The van der Waals surface area contributed by atoms with Crippen LogP contribution in [-0.4, -0.2) is 13.1 Å². The molecule has 0 saturated carbocycles. The lowest BCUT2D eigenvalue weighted by Gasteiger charge is -1.99. The van der Waals surface area contributed by atoms with Crippen molar-refractivity contribution in [2.24, 2.45) is 0 Å². The maximum Gasteiger partial charge on any atom is 0.340 e. The van der Waals surface area contributed by atoms with Crippen molar-refractivity contribution in [3.63, 3.8) is 0 Å². The Kier molecular flexibility index (Phi) is 2.43. The fourth-order valence-electron chi connectivity index (χ4n) is 1.68. The van der Waals surface area contributed by atoms with E-state index in [0.29, 0.717) is 0 Å². The van der Waals surface area contributed by atoms with E-state index in [1.54, 1.807) is 11.3 Å². The zero-order valence-electron chi connectivity index (χ0n) is 7.22. The molecular weight excluding hydrogens is 252 g/mol. The van der Waals surface area contributed by atoms with Crippen molar-refractivity contribution < 1.29 is 9.53 Å². The van der Waals surface area contributed by atoms with Crippen molar-refractivity contribution in [3.8, 4) is 0 Å². The van der Waals surface area contributed by atoms with E-state index in [-0.39, 0.29) is 5.97 Å². The van der Waals surface area contributed by atoms with Crippen LogP contribution in [0.1, 0.15) is 27.2 Å². The molecular formula is C9H9BrO2S. The maximum atomic E-state index is 11.4. The first-order chi connectivity index (χ1) is 6.24. The summed E-state index contributed by atoms with van der Waals surface area (Å²) in [4.78, 5) is 12.7. The standard InChI is InChI=1S/C9H9BrO2S/c1-12-9(11)7-5-3-2-4-6(5)13-8(7)10/h2-4H2,1H3. The molecule has 1 heterocycles. The SMILES string of the molecule is COC(=O)c1c(Br)sc2c1CCC2. The molecule has 0 amide bonds. The average Bonchev–Trinajstić information content (AvgIpc) is 2.62. The number of aryl methyl sites for hydroxylation is 1. The number of hydrogen-bond acceptors (Lipinski definition) is 3. The predicted octanol–water partition coefficient (Wildman–Crippen LogP) is 2.79. The Bertz CT molecular complexity index is 357. The quantitative estimate of drug-likeness (QED) is 0.726. The van der Waals surface area contributed by atoms with E-state index in [0.717, 1.165) is 22.2 Å². The summed E-state index contributed by atoms with van der Waals surface area (Å²) in [5.74, 6) is -0.216. The molecule has 1 aromatic rings. The van der Waals surface area contributed by atoms with Gasteiger partial charge in [-0.05, 0) is 40.8 Å². The molecule has 0 spiro atoms. The van der Waals surface area contributed by atoms with E-state index in [1.165, 1.54) is 24.0 Å². The molecule has 0 fully saturated rings. The third-order valence-corrected chi connectivity index (χ3v) is 4.23. The van der Waals surface area contributed by atoms with Crippen LogP contribution in [0.2, 0.25) is 0 Å². The second kappa shape index (κ2) is 3.42. The number of carbonyl (C=O) groups is 1. The van der Waals surface area contributed by atoms with Gasteiger partial charge < -0.3 is 4.74 Å². The second-order valence-corrected chi connectivity index (χ2v) is 5.42. The second-order valence-electron chi connectivity index (χ2n) is 3.00. The monoisotopic (exact) mass is 260 g/mol. The molecule has 1 aliphatic carbocycles. The van der Waals surface area contributed by atoms with Crippen molar-refractivity contribution in [1.29, 1.82) is 0 Å². The zero-order chi connectivity index (χ0) is 9.42. The van der Waals surface area contributed by atoms with Crippen LogP contribution in [0, 0.1) is 0 Å². The molecule has 1 aromatic heterocycles. The molecule has 4 heteroatoms. The van der Waals surface area contributed by atoms with Crippen LogP contribution in [0.15, 0.2) is 3.79 Å². The van der Waals surface area contributed by atoms with E-state index < -0.39 is 0 Å². The normalized spacial score (nSPS) is 14.3. The van der Waals surface area contributed by atoms with Crippen molar-refractivity contribution >= 4 is 33.2 Å². The third-order valence-electron chi connectivity index (χ3n) is 2.27. The van der Waals surface area contributed by atoms with Crippen LogP contribution in [0.4, 0.5) is 0 Å². The van der Waals surface area contributed by atoms with Crippen LogP contribution in [0.5, 0.6) is 0 Å². The first-order valence-electron chi connectivity index (χ1n) is 4.12. The number of carbonyl (C=O) groups excluding carboxylic acids is 1. The molecule has 70 valence electrons. The number of hydrogen-bond donors (Lipinski definition) is 0. The maximum absolute atomic E-state index is 11.4. The van der Waals surface area contributed by atoms with Gasteiger partial charge in [-0.15, -0.1) is 11.3 Å². The van der Waals surface area contributed by atoms with Gasteiger partial charge in [0.05, 0.1) is 16.5 Å². The van der Waals surface area contributed by atoms with Crippen molar-refractivity contribution in [2.75, 3.05) is 7.11 Å². The average molecular weight is 261 g/mol.